The molecule has 1 aliphatic carbocycles. The van der Waals surface area contributed by atoms with Gasteiger partial charge >= 0.3 is 0 Å². The molecule has 90 valence electrons. The van der Waals surface area contributed by atoms with Gasteiger partial charge < -0.3 is 5.73 Å². The Morgan fingerprint density at radius 2 is 2.00 bits per heavy atom. The molecule has 4 heteroatoms. The molecule has 0 saturated heterocycles. The Bertz CT molecular complexity index is 435. The number of halogens is 1. The van der Waals surface area contributed by atoms with E-state index < -0.39 is 0 Å². The highest BCUT2D eigenvalue weighted by atomic mass is 35.5. The molecule has 0 aliphatic heterocycles. The summed E-state index contributed by atoms with van der Waals surface area (Å²) in [5, 5.41) is 0. The zero-order valence-corrected chi connectivity index (χ0v) is 10.3. The van der Waals surface area contributed by atoms with Crippen LogP contribution >= 0.6 is 11.6 Å². The summed E-state index contributed by atoms with van der Waals surface area (Å²) in [6.07, 6.45) is 3.22. The van der Waals surface area contributed by atoms with Gasteiger partial charge in [-0.05, 0) is 37.1 Å². The second-order valence-electron chi connectivity index (χ2n) is 4.28. The van der Waals surface area contributed by atoms with Crippen molar-refractivity contribution in [1.29, 1.82) is 0 Å². The van der Waals surface area contributed by atoms with E-state index in [-0.39, 0.29) is 17.6 Å². The molecule has 0 aromatic heterocycles. The number of hydrogen-bond acceptors (Lipinski definition) is 2. The molecule has 17 heavy (non-hydrogen) atoms. The number of alkyl halides is 1. The highest BCUT2D eigenvalue weighted by Gasteiger charge is 2.25. The molecule has 1 saturated carbocycles. The summed E-state index contributed by atoms with van der Waals surface area (Å²) in [6.45, 7) is 0. The summed E-state index contributed by atoms with van der Waals surface area (Å²) in [5.41, 5.74) is 7.02. The van der Waals surface area contributed by atoms with E-state index in [1.807, 2.05) is 0 Å². The molecular weight excluding hydrogens is 236 g/mol. The molecule has 0 radical (unpaired) electrons. The minimum Gasteiger partial charge on any atom is -0.386 e. The van der Waals surface area contributed by atoms with Crippen molar-refractivity contribution in [2.75, 3.05) is 5.88 Å². The summed E-state index contributed by atoms with van der Waals surface area (Å²) in [6, 6.07) is 7.21. The quantitative estimate of drug-likeness (QED) is 0.387. The standard InChI is InChI=1S/C13H15ClN2O/c14-8-12(15)16-11-6-4-10(5-7-11)13(17)9-2-1-3-9/h4-7,9H,1-3,8H2,(H2,15,16). The smallest absolute Gasteiger partial charge is 0.165 e. The van der Waals surface area contributed by atoms with Crippen LogP contribution in [0.1, 0.15) is 29.6 Å². The number of ketones is 1. The molecule has 1 aromatic rings. The van der Waals surface area contributed by atoms with E-state index in [4.69, 9.17) is 17.3 Å². The van der Waals surface area contributed by atoms with E-state index in [1.54, 1.807) is 24.3 Å². The summed E-state index contributed by atoms with van der Waals surface area (Å²) >= 11 is 5.54. The van der Waals surface area contributed by atoms with Crippen LogP contribution in [0.5, 0.6) is 0 Å². The maximum absolute atomic E-state index is 11.9. The van der Waals surface area contributed by atoms with Gasteiger partial charge in [-0.2, -0.15) is 0 Å². The minimum atomic E-state index is 0.211. The Labute approximate surface area is 106 Å². The van der Waals surface area contributed by atoms with Gasteiger partial charge in [0.2, 0.25) is 0 Å². The zero-order valence-electron chi connectivity index (χ0n) is 9.53. The molecule has 1 aromatic carbocycles. The van der Waals surface area contributed by atoms with Gasteiger partial charge in [-0.1, -0.05) is 6.42 Å². The third kappa shape index (κ3) is 2.86. The fourth-order valence-corrected chi connectivity index (χ4v) is 1.86. The molecule has 2 rings (SSSR count). The van der Waals surface area contributed by atoms with Gasteiger partial charge in [-0.15, -0.1) is 11.6 Å². The molecule has 0 heterocycles. The Morgan fingerprint density at radius 3 is 2.47 bits per heavy atom. The molecule has 0 bridgehead atoms. The van der Waals surface area contributed by atoms with Gasteiger partial charge in [0.15, 0.2) is 5.78 Å². The van der Waals surface area contributed by atoms with Crippen molar-refractivity contribution in [3.8, 4) is 0 Å². The first-order valence-electron chi connectivity index (χ1n) is 5.74. The summed E-state index contributed by atoms with van der Waals surface area (Å²) in [5.74, 6) is 1.07. The molecule has 1 fully saturated rings. The van der Waals surface area contributed by atoms with Crippen LogP contribution in [0.4, 0.5) is 5.69 Å². The van der Waals surface area contributed by atoms with E-state index in [0.717, 1.165) is 24.1 Å². The van der Waals surface area contributed by atoms with Crippen LogP contribution in [0, 0.1) is 5.92 Å². The van der Waals surface area contributed by atoms with Gasteiger partial charge in [0.05, 0.1) is 11.6 Å². The molecule has 1 aliphatic rings. The third-order valence-corrected chi connectivity index (χ3v) is 3.31. The second kappa shape index (κ2) is 5.32. The predicted octanol–water partition coefficient (Wildman–Crippen LogP) is 2.90. The van der Waals surface area contributed by atoms with Crippen molar-refractivity contribution in [2.24, 2.45) is 16.6 Å². The van der Waals surface area contributed by atoms with Crippen LogP contribution < -0.4 is 5.73 Å². The first-order valence-corrected chi connectivity index (χ1v) is 6.27. The van der Waals surface area contributed by atoms with Gasteiger partial charge in [-0.3, -0.25) is 4.79 Å². The maximum atomic E-state index is 11.9. The largest absolute Gasteiger partial charge is 0.386 e. The fourth-order valence-electron chi connectivity index (χ4n) is 1.80. The lowest BCUT2D eigenvalue weighted by Gasteiger charge is -2.23. The Morgan fingerprint density at radius 1 is 1.35 bits per heavy atom. The second-order valence-corrected chi connectivity index (χ2v) is 4.54. The SMILES string of the molecule is NC(CCl)=Nc1ccc(C(=O)C2CCC2)cc1. The van der Waals surface area contributed by atoms with Gasteiger partial charge in [-0.25, -0.2) is 4.99 Å². The molecule has 3 nitrogen and oxygen atoms in total. The van der Waals surface area contributed by atoms with Gasteiger partial charge in [0.25, 0.3) is 0 Å². The van der Waals surface area contributed by atoms with Crippen molar-refractivity contribution in [1.82, 2.24) is 0 Å². The highest BCUT2D eigenvalue weighted by molar-refractivity contribution is 6.28. The van der Waals surface area contributed by atoms with Crippen molar-refractivity contribution in [3.63, 3.8) is 0 Å². The van der Waals surface area contributed by atoms with Crippen LogP contribution in [0.3, 0.4) is 0 Å². The lowest BCUT2D eigenvalue weighted by molar-refractivity contribution is 0.0855. The number of benzene rings is 1. The fraction of sp³-hybridized carbons (Fsp3) is 0.385. The molecule has 0 amide bonds. The van der Waals surface area contributed by atoms with Crippen LogP contribution in [-0.2, 0) is 0 Å². The van der Waals surface area contributed by atoms with Crippen LogP contribution in [0.2, 0.25) is 0 Å². The van der Waals surface area contributed by atoms with Crippen molar-refractivity contribution < 1.29 is 4.79 Å². The average molecular weight is 251 g/mol. The zero-order chi connectivity index (χ0) is 12.3. The van der Waals surface area contributed by atoms with Crippen LogP contribution in [-0.4, -0.2) is 17.5 Å². The number of amidine groups is 1. The number of aliphatic imine (C=N–C) groups is 1. The molecule has 0 atom stereocenters. The van der Waals surface area contributed by atoms with Gasteiger partial charge in [0, 0.05) is 11.5 Å². The number of Topliss-reactive ketones (excluding diaryl/α,β-unsaturated/α-hetero) is 1. The predicted molar refractivity (Wildman–Crippen MR) is 70.1 cm³/mol. The number of hydrogen-bond donors (Lipinski definition) is 1. The monoisotopic (exact) mass is 250 g/mol. The first kappa shape index (κ1) is 12.1. The highest BCUT2D eigenvalue weighted by Crippen LogP contribution is 2.30. The lowest BCUT2D eigenvalue weighted by atomic mass is 9.80. The first-order chi connectivity index (χ1) is 8.20. The third-order valence-electron chi connectivity index (χ3n) is 3.04. The minimum absolute atomic E-state index is 0.211. The van der Waals surface area contributed by atoms with Crippen LogP contribution in [0.25, 0.3) is 0 Å². The number of nitrogens with two attached hydrogens (primary N) is 1. The molecule has 0 spiro atoms. The van der Waals surface area contributed by atoms with Crippen molar-refractivity contribution >= 4 is 28.9 Å². The molecule has 2 N–H and O–H groups in total. The molecule has 0 unspecified atom stereocenters. The molecular formula is C13H15ClN2O. The van der Waals surface area contributed by atoms with E-state index in [0.29, 0.717) is 5.84 Å². The van der Waals surface area contributed by atoms with E-state index >= 15 is 0 Å². The van der Waals surface area contributed by atoms with Gasteiger partial charge in [0.1, 0.15) is 5.84 Å². The van der Waals surface area contributed by atoms with Crippen LogP contribution in [0.15, 0.2) is 29.3 Å². The summed E-state index contributed by atoms with van der Waals surface area (Å²) in [4.78, 5) is 16.0. The van der Waals surface area contributed by atoms with E-state index in [9.17, 15) is 4.79 Å². The van der Waals surface area contributed by atoms with E-state index in [1.165, 1.54) is 6.42 Å². The van der Waals surface area contributed by atoms with Crippen molar-refractivity contribution in [2.45, 2.75) is 19.3 Å². The number of carbonyl (C=O) groups is 1. The summed E-state index contributed by atoms with van der Waals surface area (Å²) in [7, 11) is 0. The lowest BCUT2D eigenvalue weighted by Crippen LogP contribution is -2.21. The average Bonchev–Trinajstić information content (AvgIpc) is 2.27. The Balaban J connectivity index is 2.09. The van der Waals surface area contributed by atoms with E-state index in [2.05, 4.69) is 4.99 Å². The number of rotatable bonds is 4. The normalized spacial score (nSPS) is 16.6. The Hall–Kier alpha value is -1.35. The van der Waals surface area contributed by atoms with Crippen molar-refractivity contribution in [3.05, 3.63) is 29.8 Å². The Kier molecular flexibility index (Phi) is 3.79. The number of nitrogens with zero attached hydrogens (tertiary/aromatic N) is 1. The maximum Gasteiger partial charge on any atom is 0.165 e. The topological polar surface area (TPSA) is 55.4 Å². The number of carbonyl (C=O) groups excluding carboxylic acids is 1. The summed E-state index contributed by atoms with van der Waals surface area (Å²) < 4.78 is 0.